The van der Waals surface area contributed by atoms with Crippen molar-refractivity contribution in [3.8, 4) is 17.1 Å². The maximum absolute atomic E-state index is 11.1. The van der Waals surface area contributed by atoms with Crippen LogP contribution in [0.2, 0.25) is 0 Å². The van der Waals surface area contributed by atoms with Crippen molar-refractivity contribution in [2.24, 2.45) is 5.73 Å². The Morgan fingerprint density at radius 1 is 1.25 bits per heavy atom. The number of rotatable bonds is 7. The van der Waals surface area contributed by atoms with Crippen molar-refractivity contribution in [3.05, 3.63) is 36.5 Å². The number of H-pyrrole nitrogens is 1. The third-order valence-corrected chi connectivity index (χ3v) is 4.89. The van der Waals surface area contributed by atoms with E-state index in [4.69, 9.17) is 10.5 Å². The number of ether oxygens (including phenoxy) is 1. The van der Waals surface area contributed by atoms with E-state index in [1.165, 1.54) is 25.9 Å². The lowest BCUT2D eigenvalue weighted by molar-refractivity contribution is 0.211. The van der Waals surface area contributed by atoms with E-state index in [1.807, 2.05) is 18.2 Å². The van der Waals surface area contributed by atoms with Crippen LogP contribution in [0.3, 0.4) is 0 Å². The normalized spacial score (nSPS) is 14.4. The topological polar surface area (TPSA) is 109 Å². The van der Waals surface area contributed by atoms with Crippen molar-refractivity contribution in [2.75, 3.05) is 31.5 Å². The Labute approximate surface area is 163 Å². The molecule has 0 spiro atoms. The van der Waals surface area contributed by atoms with Crippen LogP contribution in [0, 0.1) is 0 Å². The molecular formula is C20H24N6O2. The number of amides is 1. The van der Waals surface area contributed by atoms with Gasteiger partial charge in [-0.3, -0.25) is 0 Å². The summed E-state index contributed by atoms with van der Waals surface area (Å²) < 4.78 is 5.06. The predicted octanol–water partition coefficient (Wildman–Crippen LogP) is 2.98. The molecule has 8 nitrogen and oxygen atoms in total. The lowest BCUT2D eigenvalue weighted by Crippen LogP contribution is -2.22. The quantitative estimate of drug-likeness (QED) is 0.544. The summed E-state index contributed by atoms with van der Waals surface area (Å²) in [5.74, 6) is 1.77. The zero-order valence-electron chi connectivity index (χ0n) is 15.6. The van der Waals surface area contributed by atoms with Gasteiger partial charge in [0.1, 0.15) is 17.2 Å². The molecule has 4 N–H and O–H groups in total. The number of anilines is 1. The Morgan fingerprint density at radius 2 is 2.11 bits per heavy atom. The van der Waals surface area contributed by atoms with Crippen molar-refractivity contribution in [2.45, 2.75) is 19.3 Å². The Hall–Kier alpha value is -3.13. The van der Waals surface area contributed by atoms with Crippen molar-refractivity contribution in [3.63, 3.8) is 0 Å². The first-order valence-corrected chi connectivity index (χ1v) is 9.58. The molecule has 0 aliphatic carbocycles. The molecule has 0 saturated carbocycles. The van der Waals surface area contributed by atoms with Gasteiger partial charge < -0.3 is 25.7 Å². The van der Waals surface area contributed by atoms with E-state index in [-0.39, 0.29) is 0 Å². The summed E-state index contributed by atoms with van der Waals surface area (Å²) in [7, 11) is 0. The maximum Gasteiger partial charge on any atom is 0.410 e. The van der Waals surface area contributed by atoms with Crippen LogP contribution in [0.15, 0.2) is 36.5 Å². The van der Waals surface area contributed by atoms with Gasteiger partial charge in [0.25, 0.3) is 0 Å². The minimum Gasteiger partial charge on any atom is -0.408 e. The molecule has 4 rings (SSSR count). The van der Waals surface area contributed by atoms with Crippen LogP contribution in [0.25, 0.3) is 22.4 Å². The largest absolute Gasteiger partial charge is 0.410 e. The van der Waals surface area contributed by atoms with E-state index >= 15 is 0 Å². The summed E-state index contributed by atoms with van der Waals surface area (Å²) in [4.78, 5) is 26.0. The highest BCUT2D eigenvalue weighted by atomic mass is 16.5. The van der Waals surface area contributed by atoms with E-state index in [9.17, 15) is 4.79 Å². The van der Waals surface area contributed by atoms with Gasteiger partial charge in [0, 0.05) is 12.7 Å². The first kappa shape index (κ1) is 18.2. The van der Waals surface area contributed by atoms with Gasteiger partial charge in [0.05, 0.1) is 11.1 Å². The van der Waals surface area contributed by atoms with Crippen LogP contribution in [0.1, 0.15) is 19.3 Å². The zero-order chi connectivity index (χ0) is 19.3. The number of hydrogen-bond donors (Lipinski definition) is 3. The Bertz CT molecular complexity index is 964. The maximum atomic E-state index is 11.1. The number of likely N-dealkylation sites (tertiary alicyclic amines) is 1. The first-order chi connectivity index (χ1) is 13.7. The average Bonchev–Trinajstić information content (AvgIpc) is 3.35. The number of hydrogen-bond acceptors (Lipinski definition) is 6. The number of imidazole rings is 1. The number of aromatic nitrogens is 3. The number of benzene rings is 1. The van der Waals surface area contributed by atoms with Crippen LogP contribution >= 0.6 is 0 Å². The number of carbonyl (C=O) groups excluding carboxylic acids is 1. The third kappa shape index (κ3) is 4.07. The highest BCUT2D eigenvalue weighted by Gasteiger charge is 2.15. The number of aromatic amines is 1. The van der Waals surface area contributed by atoms with Gasteiger partial charge in [-0.25, -0.2) is 14.8 Å². The fraction of sp³-hybridized carbons (Fsp3) is 0.350. The van der Waals surface area contributed by atoms with Crippen LogP contribution in [-0.2, 0) is 0 Å². The van der Waals surface area contributed by atoms with Gasteiger partial charge in [0.2, 0.25) is 0 Å². The van der Waals surface area contributed by atoms with Crippen LogP contribution in [0.5, 0.6) is 5.75 Å². The molecule has 3 heterocycles. The predicted molar refractivity (Wildman–Crippen MR) is 108 cm³/mol. The number of fused-ring (bicyclic) bond motifs is 1. The number of para-hydroxylation sites is 1. The summed E-state index contributed by atoms with van der Waals surface area (Å²) in [6, 6.07) is 9.15. The number of nitrogens with two attached hydrogens (primary N) is 1. The molecule has 146 valence electrons. The third-order valence-electron chi connectivity index (χ3n) is 4.89. The van der Waals surface area contributed by atoms with Crippen LogP contribution in [0.4, 0.5) is 10.6 Å². The summed E-state index contributed by atoms with van der Waals surface area (Å²) in [5, 5.41) is 3.42. The fourth-order valence-electron chi connectivity index (χ4n) is 3.58. The molecule has 28 heavy (non-hydrogen) atoms. The molecule has 8 heteroatoms. The monoisotopic (exact) mass is 380 g/mol. The Morgan fingerprint density at radius 3 is 2.93 bits per heavy atom. The van der Waals surface area contributed by atoms with E-state index < -0.39 is 6.09 Å². The molecule has 0 radical (unpaired) electrons. The Balaban J connectivity index is 1.51. The van der Waals surface area contributed by atoms with Crippen molar-refractivity contribution in [1.29, 1.82) is 0 Å². The van der Waals surface area contributed by atoms with Gasteiger partial charge in [-0.15, -0.1) is 0 Å². The molecule has 1 amide bonds. The van der Waals surface area contributed by atoms with E-state index in [2.05, 4.69) is 25.2 Å². The van der Waals surface area contributed by atoms with Gasteiger partial charge >= 0.3 is 6.09 Å². The number of carbonyl (C=O) groups is 1. The molecule has 1 aromatic carbocycles. The molecule has 0 atom stereocenters. The first-order valence-electron chi connectivity index (χ1n) is 9.58. The molecule has 2 aromatic heterocycles. The molecule has 0 bridgehead atoms. The Kier molecular flexibility index (Phi) is 5.38. The number of primary amides is 1. The van der Waals surface area contributed by atoms with Crippen molar-refractivity contribution in [1.82, 2.24) is 19.9 Å². The fourth-order valence-corrected chi connectivity index (χ4v) is 3.58. The minimum atomic E-state index is -0.862. The summed E-state index contributed by atoms with van der Waals surface area (Å²) in [5.41, 5.74) is 7.33. The minimum absolute atomic E-state index is 0.330. The van der Waals surface area contributed by atoms with E-state index in [0.29, 0.717) is 17.1 Å². The molecule has 1 aliphatic heterocycles. The van der Waals surface area contributed by atoms with Gasteiger partial charge in [-0.05, 0) is 63.2 Å². The lowest BCUT2D eigenvalue weighted by atomic mass is 10.2. The second kappa shape index (κ2) is 8.26. The molecule has 1 fully saturated rings. The van der Waals surface area contributed by atoms with Gasteiger partial charge in [-0.2, -0.15) is 0 Å². The second-order valence-electron chi connectivity index (χ2n) is 6.89. The number of pyridine rings is 1. The van der Waals surface area contributed by atoms with Gasteiger partial charge in [-0.1, -0.05) is 6.07 Å². The molecule has 3 aromatic rings. The molecule has 1 saturated heterocycles. The SMILES string of the molecule is NC(=O)Oc1cccc2[nH]c(-c3cccnc3NCCCN3CCCC3)nc12. The molecular weight excluding hydrogens is 356 g/mol. The van der Waals surface area contributed by atoms with Gasteiger partial charge in [0.15, 0.2) is 5.75 Å². The highest BCUT2D eigenvalue weighted by molar-refractivity contribution is 5.88. The van der Waals surface area contributed by atoms with Crippen LogP contribution < -0.4 is 15.8 Å². The van der Waals surface area contributed by atoms with E-state index in [0.717, 1.165) is 36.4 Å². The summed E-state index contributed by atoms with van der Waals surface area (Å²) >= 11 is 0. The lowest BCUT2D eigenvalue weighted by Gasteiger charge is -2.15. The second-order valence-corrected chi connectivity index (χ2v) is 6.89. The highest BCUT2D eigenvalue weighted by Crippen LogP contribution is 2.30. The zero-order valence-corrected chi connectivity index (χ0v) is 15.6. The molecule has 1 aliphatic rings. The summed E-state index contributed by atoms with van der Waals surface area (Å²) in [6.07, 6.45) is 4.58. The average molecular weight is 380 g/mol. The standard InChI is InChI=1S/C20H24N6O2/c21-20(27)28-16-8-3-7-15-17(16)25-19(24-15)14-6-4-9-22-18(14)23-10-5-13-26-11-1-2-12-26/h3-4,6-9H,1-2,5,10-13H2,(H2,21,27)(H,22,23)(H,24,25). The van der Waals surface area contributed by atoms with Crippen molar-refractivity contribution >= 4 is 22.9 Å². The summed E-state index contributed by atoms with van der Waals surface area (Å²) in [6.45, 7) is 4.37. The van der Waals surface area contributed by atoms with Crippen molar-refractivity contribution < 1.29 is 9.53 Å². The molecule has 0 unspecified atom stereocenters. The number of nitrogens with zero attached hydrogens (tertiary/aromatic N) is 3. The smallest absolute Gasteiger partial charge is 0.408 e. The van der Waals surface area contributed by atoms with Crippen LogP contribution in [-0.4, -0.2) is 52.1 Å². The van der Waals surface area contributed by atoms with E-state index in [1.54, 1.807) is 18.3 Å². The number of nitrogens with one attached hydrogen (secondary N) is 2.